The van der Waals surface area contributed by atoms with Gasteiger partial charge >= 0.3 is 11.9 Å². The largest absolute Gasteiger partial charge is 0.481 e. The molecule has 1 fully saturated rings. The molecule has 0 heterocycles. The number of ether oxygens (including phenoxy) is 1. The van der Waals surface area contributed by atoms with Gasteiger partial charge in [0.2, 0.25) is 0 Å². The van der Waals surface area contributed by atoms with E-state index in [0.717, 1.165) is 0 Å². The fourth-order valence-electron chi connectivity index (χ4n) is 4.00. The number of rotatable bonds is 4. The number of hydrogen-bond acceptors (Lipinski definition) is 4. The van der Waals surface area contributed by atoms with Gasteiger partial charge in [0.1, 0.15) is 5.75 Å². The Bertz CT molecular complexity index is 597. The molecular formula is C18H24O5. The van der Waals surface area contributed by atoms with Crippen LogP contribution in [-0.2, 0) is 15.2 Å². The Morgan fingerprint density at radius 1 is 1.35 bits per heavy atom. The standard InChI is InChI=1S/C18H24O5/c1-4-14-11(2)13(17(20)21)9-10-18(14,22)15-7-5-6-8-16(15)23-12(3)19/h5-8,11,13-14,22H,4,9-10H2,1-3H3,(H,20,21). The van der Waals surface area contributed by atoms with E-state index in [4.69, 9.17) is 4.74 Å². The van der Waals surface area contributed by atoms with Crippen LogP contribution in [0.25, 0.3) is 0 Å². The van der Waals surface area contributed by atoms with E-state index in [2.05, 4.69) is 0 Å². The van der Waals surface area contributed by atoms with E-state index >= 15 is 0 Å². The first-order valence-corrected chi connectivity index (χ1v) is 8.04. The lowest BCUT2D eigenvalue weighted by molar-refractivity contribution is -0.154. The van der Waals surface area contributed by atoms with Gasteiger partial charge < -0.3 is 14.9 Å². The molecular weight excluding hydrogens is 296 g/mol. The van der Waals surface area contributed by atoms with Gasteiger partial charge in [-0.1, -0.05) is 32.0 Å². The number of carboxylic acid groups (broad SMARTS) is 1. The number of carbonyl (C=O) groups is 2. The Morgan fingerprint density at radius 3 is 2.57 bits per heavy atom. The molecule has 23 heavy (non-hydrogen) atoms. The summed E-state index contributed by atoms with van der Waals surface area (Å²) >= 11 is 0. The van der Waals surface area contributed by atoms with Gasteiger partial charge in [0.05, 0.1) is 11.5 Å². The van der Waals surface area contributed by atoms with Crippen LogP contribution in [0.5, 0.6) is 5.75 Å². The molecule has 5 nitrogen and oxygen atoms in total. The number of hydrogen-bond donors (Lipinski definition) is 2. The maximum absolute atomic E-state index is 11.4. The molecule has 4 atom stereocenters. The number of benzene rings is 1. The minimum atomic E-state index is -1.19. The molecule has 5 heteroatoms. The van der Waals surface area contributed by atoms with Gasteiger partial charge in [-0.05, 0) is 37.2 Å². The lowest BCUT2D eigenvalue weighted by atomic mass is 9.61. The zero-order valence-electron chi connectivity index (χ0n) is 13.8. The van der Waals surface area contributed by atoms with Crippen molar-refractivity contribution < 1.29 is 24.5 Å². The zero-order chi connectivity index (χ0) is 17.2. The van der Waals surface area contributed by atoms with E-state index in [1.54, 1.807) is 24.3 Å². The summed E-state index contributed by atoms with van der Waals surface area (Å²) in [5.41, 5.74) is -0.621. The van der Waals surface area contributed by atoms with E-state index in [1.165, 1.54) is 6.92 Å². The third kappa shape index (κ3) is 3.24. The molecule has 2 rings (SSSR count). The smallest absolute Gasteiger partial charge is 0.308 e. The van der Waals surface area contributed by atoms with Crippen LogP contribution < -0.4 is 4.74 Å². The van der Waals surface area contributed by atoms with Crippen LogP contribution in [0.1, 0.15) is 45.6 Å². The fourth-order valence-corrected chi connectivity index (χ4v) is 4.00. The van der Waals surface area contributed by atoms with Crippen molar-refractivity contribution in [3.63, 3.8) is 0 Å². The van der Waals surface area contributed by atoms with Crippen LogP contribution >= 0.6 is 0 Å². The summed E-state index contributed by atoms with van der Waals surface area (Å²) < 4.78 is 5.25. The molecule has 4 unspecified atom stereocenters. The van der Waals surface area contributed by atoms with Gasteiger partial charge in [-0.25, -0.2) is 0 Å². The second kappa shape index (κ2) is 6.71. The van der Waals surface area contributed by atoms with Crippen LogP contribution in [0.2, 0.25) is 0 Å². The fraction of sp³-hybridized carbons (Fsp3) is 0.556. The highest BCUT2D eigenvalue weighted by atomic mass is 16.5. The Kier molecular flexibility index (Phi) is 5.09. The van der Waals surface area contributed by atoms with Crippen LogP contribution in [0, 0.1) is 17.8 Å². The highest BCUT2D eigenvalue weighted by Gasteiger charge is 2.49. The lowest BCUT2D eigenvalue weighted by Crippen LogP contribution is -2.47. The van der Waals surface area contributed by atoms with Crippen molar-refractivity contribution >= 4 is 11.9 Å². The highest BCUT2D eigenvalue weighted by molar-refractivity contribution is 5.71. The quantitative estimate of drug-likeness (QED) is 0.658. The third-order valence-corrected chi connectivity index (χ3v) is 5.08. The third-order valence-electron chi connectivity index (χ3n) is 5.08. The molecule has 0 aromatic heterocycles. The number of esters is 1. The van der Waals surface area contributed by atoms with Gasteiger partial charge in [0.15, 0.2) is 0 Å². The van der Waals surface area contributed by atoms with Crippen LogP contribution in [0.4, 0.5) is 0 Å². The van der Waals surface area contributed by atoms with Crippen LogP contribution in [0.15, 0.2) is 24.3 Å². The lowest BCUT2D eigenvalue weighted by Gasteiger charge is -2.46. The Balaban J connectivity index is 2.45. The van der Waals surface area contributed by atoms with E-state index in [9.17, 15) is 19.8 Å². The Morgan fingerprint density at radius 2 is 2.00 bits per heavy atom. The second-order valence-corrected chi connectivity index (χ2v) is 6.37. The van der Waals surface area contributed by atoms with E-state index in [0.29, 0.717) is 30.6 Å². The topological polar surface area (TPSA) is 83.8 Å². The Labute approximate surface area is 136 Å². The van der Waals surface area contributed by atoms with Gasteiger partial charge in [0, 0.05) is 12.5 Å². The van der Waals surface area contributed by atoms with Gasteiger partial charge in [-0.15, -0.1) is 0 Å². The summed E-state index contributed by atoms with van der Waals surface area (Å²) in [6, 6.07) is 6.96. The summed E-state index contributed by atoms with van der Waals surface area (Å²) in [5, 5.41) is 20.8. The molecule has 0 saturated heterocycles. The normalized spacial score (nSPS) is 30.7. The van der Waals surface area contributed by atoms with Crippen molar-refractivity contribution in [2.45, 2.75) is 45.6 Å². The van der Waals surface area contributed by atoms with Crippen LogP contribution in [0.3, 0.4) is 0 Å². The van der Waals surface area contributed by atoms with Crippen molar-refractivity contribution in [1.82, 2.24) is 0 Å². The molecule has 1 aliphatic rings. The molecule has 1 saturated carbocycles. The average molecular weight is 320 g/mol. The highest BCUT2D eigenvalue weighted by Crippen LogP contribution is 2.50. The van der Waals surface area contributed by atoms with E-state index in [-0.39, 0.29) is 11.8 Å². The maximum Gasteiger partial charge on any atom is 0.308 e. The van der Waals surface area contributed by atoms with Crippen molar-refractivity contribution in [1.29, 1.82) is 0 Å². The van der Waals surface area contributed by atoms with Gasteiger partial charge in [-0.2, -0.15) is 0 Å². The molecule has 1 aromatic rings. The Hall–Kier alpha value is -1.88. The number of aliphatic hydroxyl groups is 1. The zero-order valence-corrected chi connectivity index (χ0v) is 13.8. The molecule has 1 aromatic carbocycles. The summed E-state index contributed by atoms with van der Waals surface area (Å²) in [5.74, 6) is -1.74. The maximum atomic E-state index is 11.4. The summed E-state index contributed by atoms with van der Waals surface area (Å²) in [6.07, 6.45) is 1.39. The first kappa shape index (κ1) is 17.5. The molecule has 126 valence electrons. The minimum absolute atomic E-state index is 0.165. The van der Waals surface area contributed by atoms with E-state index < -0.39 is 23.5 Å². The monoisotopic (exact) mass is 320 g/mol. The molecule has 0 radical (unpaired) electrons. The first-order valence-electron chi connectivity index (χ1n) is 8.04. The van der Waals surface area contributed by atoms with Crippen molar-refractivity contribution in [2.24, 2.45) is 17.8 Å². The summed E-state index contributed by atoms with van der Waals surface area (Å²) in [6.45, 7) is 5.15. The minimum Gasteiger partial charge on any atom is -0.481 e. The number of para-hydroxylation sites is 1. The van der Waals surface area contributed by atoms with Gasteiger partial charge in [0.25, 0.3) is 0 Å². The molecule has 0 amide bonds. The van der Waals surface area contributed by atoms with Crippen LogP contribution in [-0.4, -0.2) is 22.2 Å². The molecule has 1 aliphatic carbocycles. The first-order chi connectivity index (χ1) is 10.8. The SMILES string of the molecule is CCC1C(C)C(C(=O)O)CCC1(O)c1ccccc1OC(C)=O. The predicted molar refractivity (Wildman–Crippen MR) is 85.0 cm³/mol. The second-order valence-electron chi connectivity index (χ2n) is 6.37. The van der Waals surface area contributed by atoms with Crippen molar-refractivity contribution in [3.05, 3.63) is 29.8 Å². The molecule has 0 aliphatic heterocycles. The van der Waals surface area contributed by atoms with Crippen molar-refractivity contribution in [2.75, 3.05) is 0 Å². The van der Waals surface area contributed by atoms with Gasteiger partial charge in [-0.3, -0.25) is 9.59 Å². The van der Waals surface area contributed by atoms with Crippen molar-refractivity contribution in [3.8, 4) is 5.75 Å². The molecule has 0 spiro atoms. The number of aliphatic carboxylic acids is 1. The summed E-state index contributed by atoms with van der Waals surface area (Å²) in [7, 11) is 0. The number of carbonyl (C=O) groups excluding carboxylic acids is 1. The number of carboxylic acids is 1. The molecule has 0 bridgehead atoms. The average Bonchev–Trinajstić information content (AvgIpc) is 2.47. The summed E-state index contributed by atoms with van der Waals surface area (Å²) in [4.78, 5) is 22.8. The predicted octanol–water partition coefficient (Wildman–Crippen LogP) is 2.96. The molecule has 2 N–H and O–H groups in total. The van der Waals surface area contributed by atoms with E-state index in [1.807, 2.05) is 13.8 Å².